The summed E-state index contributed by atoms with van der Waals surface area (Å²) in [6.07, 6.45) is 7.71. The first kappa shape index (κ1) is 16.0. The SMILES string of the molecule is O=C(CCNC1CCCCC1)NCCc1ccc(F)cc1. The van der Waals surface area contributed by atoms with Crippen molar-refractivity contribution in [1.82, 2.24) is 10.6 Å². The second-order valence-corrected chi connectivity index (χ2v) is 5.77. The Morgan fingerprint density at radius 2 is 1.81 bits per heavy atom. The van der Waals surface area contributed by atoms with Crippen LogP contribution in [0.15, 0.2) is 24.3 Å². The smallest absolute Gasteiger partial charge is 0.221 e. The van der Waals surface area contributed by atoms with Crippen molar-refractivity contribution in [3.63, 3.8) is 0 Å². The first-order chi connectivity index (χ1) is 10.2. The van der Waals surface area contributed by atoms with Crippen LogP contribution in [-0.2, 0) is 11.2 Å². The molecule has 0 bridgehead atoms. The second-order valence-electron chi connectivity index (χ2n) is 5.77. The molecule has 1 aliphatic rings. The van der Waals surface area contributed by atoms with Gasteiger partial charge < -0.3 is 10.6 Å². The van der Waals surface area contributed by atoms with Crippen molar-refractivity contribution in [1.29, 1.82) is 0 Å². The van der Waals surface area contributed by atoms with Gasteiger partial charge in [0.25, 0.3) is 0 Å². The van der Waals surface area contributed by atoms with Gasteiger partial charge in [-0.2, -0.15) is 0 Å². The van der Waals surface area contributed by atoms with Crippen molar-refractivity contribution in [2.75, 3.05) is 13.1 Å². The third-order valence-corrected chi connectivity index (χ3v) is 4.04. The molecule has 2 rings (SSSR count). The third-order valence-electron chi connectivity index (χ3n) is 4.04. The van der Waals surface area contributed by atoms with Crippen molar-refractivity contribution >= 4 is 5.91 Å². The molecule has 0 heterocycles. The van der Waals surface area contributed by atoms with Crippen LogP contribution in [0.4, 0.5) is 4.39 Å². The summed E-state index contributed by atoms with van der Waals surface area (Å²) in [5.74, 6) is -0.142. The van der Waals surface area contributed by atoms with Crippen LogP contribution in [0, 0.1) is 5.82 Å². The van der Waals surface area contributed by atoms with Gasteiger partial charge in [-0.3, -0.25) is 4.79 Å². The molecule has 1 amide bonds. The van der Waals surface area contributed by atoms with Gasteiger partial charge in [-0.15, -0.1) is 0 Å². The number of halogens is 1. The van der Waals surface area contributed by atoms with Gasteiger partial charge in [-0.05, 0) is 37.0 Å². The lowest BCUT2D eigenvalue weighted by atomic mass is 9.95. The van der Waals surface area contributed by atoms with E-state index in [4.69, 9.17) is 0 Å². The number of nitrogens with one attached hydrogen (secondary N) is 2. The second kappa shape index (κ2) is 8.78. The Balaban J connectivity index is 1.54. The molecule has 0 aliphatic heterocycles. The first-order valence-corrected chi connectivity index (χ1v) is 7.98. The average Bonchev–Trinajstić information content (AvgIpc) is 2.50. The highest BCUT2D eigenvalue weighted by Gasteiger charge is 2.12. The van der Waals surface area contributed by atoms with Gasteiger partial charge in [0.1, 0.15) is 5.82 Å². The molecule has 4 heteroatoms. The van der Waals surface area contributed by atoms with Crippen molar-refractivity contribution in [3.05, 3.63) is 35.6 Å². The number of hydrogen-bond donors (Lipinski definition) is 2. The number of rotatable bonds is 7. The molecular formula is C17H25FN2O. The van der Waals surface area contributed by atoms with E-state index in [2.05, 4.69) is 10.6 Å². The quantitative estimate of drug-likeness (QED) is 0.811. The van der Waals surface area contributed by atoms with Crippen LogP contribution in [-0.4, -0.2) is 25.0 Å². The fourth-order valence-corrected chi connectivity index (χ4v) is 2.78. The van der Waals surface area contributed by atoms with E-state index in [1.54, 1.807) is 12.1 Å². The highest BCUT2D eigenvalue weighted by atomic mass is 19.1. The topological polar surface area (TPSA) is 41.1 Å². The van der Waals surface area contributed by atoms with Gasteiger partial charge in [0.2, 0.25) is 5.91 Å². The van der Waals surface area contributed by atoms with E-state index >= 15 is 0 Å². The normalized spacial score (nSPS) is 15.9. The molecule has 0 radical (unpaired) electrons. The van der Waals surface area contributed by atoms with Gasteiger partial charge in [0.05, 0.1) is 0 Å². The largest absolute Gasteiger partial charge is 0.356 e. The molecule has 1 aliphatic carbocycles. The third kappa shape index (κ3) is 6.25. The Morgan fingerprint density at radius 3 is 2.52 bits per heavy atom. The predicted octanol–water partition coefficient (Wildman–Crippen LogP) is 2.80. The zero-order valence-corrected chi connectivity index (χ0v) is 12.5. The maximum atomic E-state index is 12.8. The number of hydrogen-bond acceptors (Lipinski definition) is 2. The van der Waals surface area contributed by atoms with Crippen LogP contribution in [0.5, 0.6) is 0 Å². The van der Waals surface area contributed by atoms with E-state index in [0.29, 0.717) is 19.0 Å². The van der Waals surface area contributed by atoms with Gasteiger partial charge in [0.15, 0.2) is 0 Å². The van der Waals surface area contributed by atoms with Crippen LogP contribution in [0.2, 0.25) is 0 Å². The Kier molecular flexibility index (Phi) is 6.67. The van der Waals surface area contributed by atoms with Gasteiger partial charge >= 0.3 is 0 Å². The van der Waals surface area contributed by atoms with Crippen molar-refractivity contribution in [2.45, 2.75) is 51.0 Å². The molecule has 1 fully saturated rings. The van der Waals surface area contributed by atoms with E-state index < -0.39 is 0 Å². The minimum absolute atomic E-state index is 0.0837. The maximum Gasteiger partial charge on any atom is 0.221 e. The Bertz CT molecular complexity index is 427. The van der Waals surface area contributed by atoms with Crippen LogP contribution in [0.25, 0.3) is 0 Å². The van der Waals surface area contributed by atoms with E-state index in [1.807, 2.05) is 0 Å². The van der Waals surface area contributed by atoms with Crippen LogP contribution >= 0.6 is 0 Å². The molecule has 1 saturated carbocycles. The molecule has 0 saturated heterocycles. The number of amides is 1. The molecule has 1 aromatic carbocycles. The summed E-state index contributed by atoms with van der Waals surface area (Å²) in [5, 5.41) is 6.38. The van der Waals surface area contributed by atoms with Gasteiger partial charge in [-0.1, -0.05) is 31.4 Å². The van der Waals surface area contributed by atoms with E-state index in [9.17, 15) is 9.18 Å². The van der Waals surface area contributed by atoms with Crippen LogP contribution in [0.3, 0.4) is 0 Å². The lowest BCUT2D eigenvalue weighted by molar-refractivity contribution is -0.120. The van der Waals surface area contributed by atoms with Crippen molar-refractivity contribution in [2.24, 2.45) is 0 Å². The molecule has 2 N–H and O–H groups in total. The fraction of sp³-hybridized carbons (Fsp3) is 0.588. The Morgan fingerprint density at radius 1 is 1.10 bits per heavy atom. The average molecular weight is 292 g/mol. The molecule has 21 heavy (non-hydrogen) atoms. The number of carbonyl (C=O) groups is 1. The Hall–Kier alpha value is -1.42. The molecular weight excluding hydrogens is 267 g/mol. The van der Waals surface area contributed by atoms with E-state index in [-0.39, 0.29) is 11.7 Å². The molecule has 3 nitrogen and oxygen atoms in total. The number of benzene rings is 1. The zero-order chi connectivity index (χ0) is 14.9. The van der Waals surface area contributed by atoms with Crippen molar-refractivity contribution in [3.8, 4) is 0 Å². The molecule has 0 unspecified atom stereocenters. The highest BCUT2D eigenvalue weighted by molar-refractivity contribution is 5.76. The highest BCUT2D eigenvalue weighted by Crippen LogP contribution is 2.17. The standard InChI is InChI=1S/C17H25FN2O/c18-15-8-6-14(7-9-15)10-12-20-17(21)11-13-19-16-4-2-1-3-5-16/h6-9,16,19H,1-5,10-13H2,(H,20,21). The summed E-state index contributed by atoms with van der Waals surface area (Å²) in [4.78, 5) is 11.7. The monoisotopic (exact) mass is 292 g/mol. The van der Waals surface area contributed by atoms with Crippen LogP contribution in [0.1, 0.15) is 44.1 Å². The van der Waals surface area contributed by atoms with E-state index in [0.717, 1.165) is 18.5 Å². The predicted molar refractivity (Wildman–Crippen MR) is 82.6 cm³/mol. The minimum atomic E-state index is -0.225. The maximum absolute atomic E-state index is 12.8. The van der Waals surface area contributed by atoms with Crippen molar-refractivity contribution < 1.29 is 9.18 Å². The molecule has 0 spiro atoms. The lowest BCUT2D eigenvalue weighted by Crippen LogP contribution is -2.35. The molecule has 116 valence electrons. The summed E-state index contributed by atoms with van der Waals surface area (Å²) < 4.78 is 12.8. The summed E-state index contributed by atoms with van der Waals surface area (Å²) in [5.41, 5.74) is 1.04. The summed E-state index contributed by atoms with van der Waals surface area (Å²) in [6, 6.07) is 7.01. The lowest BCUT2D eigenvalue weighted by Gasteiger charge is -2.22. The summed E-state index contributed by atoms with van der Waals surface area (Å²) >= 11 is 0. The Labute approximate surface area is 126 Å². The first-order valence-electron chi connectivity index (χ1n) is 7.98. The van der Waals surface area contributed by atoms with Crippen LogP contribution < -0.4 is 10.6 Å². The summed E-state index contributed by atoms with van der Waals surface area (Å²) in [7, 11) is 0. The number of carbonyl (C=O) groups excluding carboxylic acids is 1. The van der Waals surface area contributed by atoms with Gasteiger partial charge in [0, 0.05) is 25.6 Å². The minimum Gasteiger partial charge on any atom is -0.356 e. The zero-order valence-electron chi connectivity index (χ0n) is 12.5. The van der Waals surface area contributed by atoms with E-state index in [1.165, 1.54) is 44.2 Å². The molecule has 0 atom stereocenters. The summed E-state index contributed by atoms with van der Waals surface area (Å²) in [6.45, 7) is 1.36. The van der Waals surface area contributed by atoms with Gasteiger partial charge in [-0.25, -0.2) is 4.39 Å². The molecule has 0 aromatic heterocycles. The fourth-order valence-electron chi connectivity index (χ4n) is 2.78. The molecule has 1 aromatic rings.